The number of ether oxygens (including phenoxy) is 1. The molecule has 1 fully saturated rings. The Kier molecular flexibility index (Phi) is 4.22. The normalized spacial score (nSPS) is 14.2. The van der Waals surface area contributed by atoms with Gasteiger partial charge in [-0.25, -0.2) is 4.39 Å². The maximum absolute atomic E-state index is 13.7. The Morgan fingerprint density at radius 1 is 1.14 bits per heavy atom. The predicted octanol–water partition coefficient (Wildman–Crippen LogP) is 4.77. The largest absolute Gasteiger partial charge is 0.454 e. The van der Waals surface area contributed by atoms with E-state index in [1.165, 1.54) is 25.0 Å². The van der Waals surface area contributed by atoms with Crippen molar-refractivity contribution in [2.45, 2.75) is 25.4 Å². The molecule has 0 saturated heterocycles. The zero-order chi connectivity index (χ0) is 14.8. The SMILES string of the molecule is Fc1cccc(Oc2ccc(Br)cc2CNC2CC2)c1F. The molecule has 2 aromatic carbocycles. The van der Waals surface area contributed by atoms with Gasteiger partial charge in [-0.1, -0.05) is 22.0 Å². The van der Waals surface area contributed by atoms with Gasteiger partial charge >= 0.3 is 0 Å². The predicted molar refractivity (Wildman–Crippen MR) is 80.4 cm³/mol. The van der Waals surface area contributed by atoms with E-state index in [0.717, 1.165) is 16.1 Å². The van der Waals surface area contributed by atoms with Crippen molar-refractivity contribution in [3.05, 3.63) is 58.1 Å². The number of hydrogen-bond donors (Lipinski definition) is 1. The van der Waals surface area contributed by atoms with E-state index in [1.54, 1.807) is 6.07 Å². The van der Waals surface area contributed by atoms with Gasteiger partial charge in [0.05, 0.1) is 0 Å². The Labute approximate surface area is 130 Å². The second kappa shape index (κ2) is 6.12. The standard InChI is InChI=1S/C16H14BrF2NO/c17-11-4-7-14(10(8-11)9-20-12-5-6-12)21-15-3-1-2-13(18)16(15)19/h1-4,7-8,12,20H,5-6,9H2. The summed E-state index contributed by atoms with van der Waals surface area (Å²) in [4.78, 5) is 0. The molecular formula is C16H14BrF2NO. The van der Waals surface area contributed by atoms with E-state index in [2.05, 4.69) is 21.2 Å². The van der Waals surface area contributed by atoms with E-state index in [4.69, 9.17) is 4.74 Å². The Morgan fingerprint density at radius 2 is 1.95 bits per heavy atom. The summed E-state index contributed by atoms with van der Waals surface area (Å²) in [6.07, 6.45) is 2.37. The fourth-order valence-corrected chi connectivity index (χ4v) is 2.42. The van der Waals surface area contributed by atoms with E-state index in [0.29, 0.717) is 18.3 Å². The lowest BCUT2D eigenvalue weighted by Crippen LogP contribution is -2.15. The van der Waals surface area contributed by atoms with E-state index in [9.17, 15) is 8.78 Å². The summed E-state index contributed by atoms with van der Waals surface area (Å²) in [5, 5.41) is 3.38. The van der Waals surface area contributed by atoms with Gasteiger partial charge in [0.15, 0.2) is 11.6 Å². The summed E-state index contributed by atoms with van der Waals surface area (Å²) < 4.78 is 33.4. The maximum atomic E-state index is 13.7. The van der Waals surface area contributed by atoms with Crippen molar-refractivity contribution in [1.29, 1.82) is 0 Å². The van der Waals surface area contributed by atoms with Gasteiger partial charge in [0.1, 0.15) is 5.75 Å². The molecule has 1 aliphatic carbocycles. The van der Waals surface area contributed by atoms with Crippen molar-refractivity contribution in [2.75, 3.05) is 0 Å². The molecule has 0 unspecified atom stereocenters. The van der Waals surface area contributed by atoms with Gasteiger partial charge in [-0.15, -0.1) is 0 Å². The van der Waals surface area contributed by atoms with Gasteiger partial charge < -0.3 is 10.1 Å². The average molecular weight is 354 g/mol. The third-order valence-electron chi connectivity index (χ3n) is 3.32. The van der Waals surface area contributed by atoms with Crippen LogP contribution >= 0.6 is 15.9 Å². The number of nitrogens with one attached hydrogen (secondary N) is 1. The van der Waals surface area contributed by atoms with Crippen LogP contribution < -0.4 is 10.1 Å². The number of hydrogen-bond acceptors (Lipinski definition) is 2. The van der Waals surface area contributed by atoms with Crippen LogP contribution in [0.3, 0.4) is 0 Å². The Balaban J connectivity index is 1.84. The summed E-state index contributed by atoms with van der Waals surface area (Å²) in [6.45, 7) is 0.635. The second-order valence-electron chi connectivity index (χ2n) is 5.06. The molecule has 0 heterocycles. The highest BCUT2D eigenvalue weighted by Crippen LogP contribution is 2.31. The summed E-state index contributed by atoms with van der Waals surface area (Å²) in [5.74, 6) is -1.47. The molecule has 0 bridgehead atoms. The van der Waals surface area contributed by atoms with Gasteiger partial charge in [0.2, 0.25) is 5.82 Å². The molecule has 5 heteroatoms. The summed E-state index contributed by atoms with van der Waals surface area (Å²) >= 11 is 3.41. The first-order valence-electron chi connectivity index (χ1n) is 6.77. The molecule has 2 aromatic rings. The molecule has 0 radical (unpaired) electrons. The smallest absolute Gasteiger partial charge is 0.201 e. The molecule has 2 nitrogen and oxygen atoms in total. The minimum atomic E-state index is -0.971. The average Bonchev–Trinajstić information content (AvgIpc) is 3.28. The monoisotopic (exact) mass is 353 g/mol. The second-order valence-corrected chi connectivity index (χ2v) is 5.98. The lowest BCUT2D eigenvalue weighted by atomic mass is 10.2. The van der Waals surface area contributed by atoms with Crippen LogP contribution in [0.5, 0.6) is 11.5 Å². The first kappa shape index (κ1) is 14.5. The van der Waals surface area contributed by atoms with Crippen molar-refractivity contribution in [2.24, 2.45) is 0 Å². The van der Waals surface area contributed by atoms with Crippen molar-refractivity contribution < 1.29 is 13.5 Å². The third kappa shape index (κ3) is 3.60. The van der Waals surface area contributed by atoms with E-state index in [-0.39, 0.29) is 5.75 Å². The lowest BCUT2D eigenvalue weighted by Gasteiger charge is -2.13. The van der Waals surface area contributed by atoms with Gasteiger partial charge in [-0.2, -0.15) is 4.39 Å². The van der Waals surface area contributed by atoms with Crippen LogP contribution in [-0.2, 0) is 6.54 Å². The molecule has 3 rings (SSSR count). The Morgan fingerprint density at radius 3 is 2.71 bits per heavy atom. The fraction of sp³-hybridized carbons (Fsp3) is 0.250. The molecule has 0 aromatic heterocycles. The molecule has 0 atom stereocenters. The van der Waals surface area contributed by atoms with Crippen molar-refractivity contribution in [3.63, 3.8) is 0 Å². The van der Waals surface area contributed by atoms with Gasteiger partial charge in [-0.05, 0) is 43.2 Å². The molecule has 110 valence electrons. The quantitative estimate of drug-likeness (QED) is 0.835. The zero-order valence-electron chi connectivity index (χ0n) is 11.2. The van der Waals surface area contributed by atoms with E-state index < -0.39 is 11.6 Å². The lowest BCUT2D eigenvalue weighted by molar-refractivity contribution is 0.411. The van der Waals surface area contributed by atoms with Crippen LogP contribution in [0.15, 0.2) is 40.9 Å². The fourth-order valence-electron chi connectivity index (χ4n) is 2.01. The Hall–Kier alpha value is -1.46. The molecule has 0 aliphatic heterocycles. The molecule has 0 amide bonds. The minimum absolute atomic E-state index is 0.106. The Bertz CT molecular complexity index is 659. The highest BCUT2D eigenvalue weighted by atomic mass is 79.9. The summed E-state index contributed by atoms with van der Waals surface area (Å²) in [7, 11) is 0. The zero-order valence-corrected chi connectivity index (χ0v) is 12.8. The first-order chi connectivity index (χ1) is 10.1. The van der Waals surface area contributed by atoms with Crippen LogP contribution in [0.1, 0.15) is 18.4 Å². The number of halogens is 3. The van der Waals surface area contributed by atoms with Gasteiger partial charge in [0.25, 0.3) is 0 Å². The van der Waals surface area contributed by atoms with Gasteiger partial charge in [-0.3, -0.25) is 0 Å². The van der Waals surface area contributed by atoms with Crippen molar-refractivity contribution in [3.8, 4) is 11.5 Å². The molecule has 1 aliphatic rings. The van der Waals surface area contributed by atoms with Crippen LogP contribution in [-0.4, -0.2) is 6.04 Å². The van der Waals surface area contributed by atoms with Crippen molar-refractivity contribution in [1.82, 2.24) is 5.32 Å². The molecule has 0 spiro atoms. The van der Waals surface area contributed by atoms with E-state index >= 15 is 0 Å². The first-order valence-corrected chi connectivity index (χ1v) is 7.56. The summed E-state index contributed by atoms with van der Waals surface area (Å²) in [6, 6.07) is 9.95. The summed E-state index contributed by atoms with van der Waals surface area (Å²) in [5.41, 5.74) is 0.903. The van der Waals surface area contributed by atoms with Crippen LogP contribution in [0.25, 0.3) is 0 Å². The topological polar surface area (TPSA) is 21.3 Å². The highest BCUT2D eigenvalue weighted by Gasteiger charge is 2.21. The number of rotatable bonds is 5. The minimum Gasteiger partial charge on any atom is -0.454 e. The molecule has 1 N–H and O–H groups in total. The third-order valence-corrected chi connectivity index (χ3v) is 3.81. The van der Waals surface area contributed by atoms with Gasteiger partial charge in [0, 0.05) is 22.6 Å². The van der Waals surface area contributed by atoms with Crippen LogP contribution in [0.4, 0.5) is 8.78 Å². The maximum Gasteiger partial charge on any atom is 0.201 e. The molecule has 21 heavy (non-hydrogen) atoms. The van der Waals surface area contributed by atoms with Crippen LogP contribution in [0.2, 0.25) is 0 Å². The van der Waals surface area contributed by atoms with Crippen molar-refractivity contribution >= 4 is 15.9 Å². The van der Waals surface area contributed by atoms with E-state index in [1.807, 2.05) is 12.1 Å². The number of benzene rings is 2. The molecular weight excluding hydrogens is 340 g/mol. The van der Waals surface area contributed by atoms with Crippen LogP contribution in [0, 0.1) is 11.6 Å². The highest BCUT2D eigenvalue weighted by molar-refractivity contribution is 9.10. The molecule has 1 saturated carbocycles.